The fraction of sp³-hybridized carbons (Fsp3) is 0.0952. The minimum absolute atomic E-state index is 0.147. The van der Waals surface area contributed by atoms with Crippen molar-refractivity contribution >= 4 is 60.6 Å². The first kappa shape index (κ1) is 20.9. The minimum atomic E-state index is -0.638. The summed E-state index contributed by atoms with van der Waals surface area (Å²) in [5.41, 5.74) is 3.22. The van der Waals surface area contributed by atoms with Crippen molar-refractivity contribution in [1.29, 1.82) is 0 Å². The van der Waals surface area contributed by atoms with E-state index in [-0.39, 0.29) is 11.7 Å². The van der Waals surface area contributed by atoms with Gasteiger partial charge in [0.05, 0.1) is 22.5 Å². The van der Waals surface area contributed by atoms with E-state index in [1.165, 1.54) is 34.7 Å². The number of halogens is 1. The SMILES string of the molecule is Cc1ccc(C(=O)N(/N=C/c2ccc([N+](=O)[O-])o2)c2nc3ccc(Br)cc3s2)cc1C. The van der Waals surface area contributed by atoms with Gasteiger partial charge in [-0.15, -0.1) is 0 Å². The summed E-state index contributed by atoms with van der Waals surface area (Å²) in [6.45, 7) is 3.89. The number of fused-ring (bicyclic) bond motifs is 1. The highest BCUT2D eigenvalue weighted by Gasteiger charge is 2.22. The number of hydrazone groups is 1. The third-order valence-electron chi connectivity index (χ3n) is 4.56. The Kier molecular flexibility index (Phi) is 5.66. The Bertz CT molecular complexity index is 1340. The van der Waals surface area contributed by atoms with E-state index in [2.05, 4.69) is 26.0 Å². The molecule has 0 aliphatic rings. The van der Waals surface area contributed by atoms with Gasteiger partial charge in [0.1, 0.15) is 4.92 Å². The number of amides is 1. The Morgan fingerprint density at radius 1 is 1.19 bits per heavy atom. The van der Waals surface area contributed by atoms with Gasteiger partial charge < -0.3 is 4.42 Å². The summed E-state index contributed by atoms with van der Waals surface area (Å²) in [7, 11) is 0. The number of aryl methyl sites for hydroxylation is 2. The van der Waals surface area contributed by atoms with Crippen LogP contribution in [0.25, 0.3) is 10.2 Å². The molecule has 2 aromatic carbocycles. The van der Waals surface area contributed by atoms with Crippen molar-refractivity contribution in [1.82, 2.24) is 4.98 Å². The summed E-state index contributed by atoms with van der Waals surface area (Å²) < 4.78 is 6.89. The van der Waals surface area contributed by atoms with Crippen molar-refractivity contribution in [2.45, 2.75) is 13.8 Å². The van der Waals surface area contributed by atoms with Crippen molar-refractivity contribution < 1.29 is 14.1 Å². The van der Waals surface area contributed by atoms with E-state index < -0.39 is 10.8 Å². The predicted octanol–water partition coefficient (Wildman–Crippen LogP) is 5.86. The predicted molar refractivity (Wildman–Crippen MR) is 123 cm³/mol. The number of rotatable bonds is 5. The lowest BCUT2D eigenvalue weighted by Gasteiger charge is -2.14. The molecule has 0 unspecified atom stereocenters. The fourth-order valence-electron chi connectivity index (χ4n) is 2.79. The molecule has 0 spiro atoms. The number of furan rings is 1. The maximum atomic E-state index is 13.3. The van der Waals surface area contributed by atoms with Crippen LogP contribution in [0.15, 0.2) is 62.5 Å². The first-order valence-electron chi connectivity index (χ1n) is 9.08. The quantitative estimate of drug-likeness (QED) is 0.195. The van der Waals surface area contributed by atoms with Crippen LogP contribution in [-0.2, 0) is 0 Å². The molecule has 2 aromatic heterocycles. The van der Waals surface area contributed by atoms with Gasteiger partial charge in [-0.05, 0) is 61.4 Å². The second-order valence-electron chi connectivity index (χ2n) is 6.70. The van der Waals surface area contributed by atoms with Crippen molar-refractivity contribution in [3.8, 4) is 0 Å². The molecule has 0 N–H and O–H groups in total. The molecule has 4 aromatic rings. The van der Waals surface area contributed by atoms with Crippen molar-refractivity contribution in [3.05, 3.63) is 85.6 Å². The molecule has 4 rings (SSSR count). The van der Waals surface area contributed by atoms with Gasteiger partial charge in [-0.25, -0.2) is 4.98 Å². The molecule has 0 fully saturated rings. The van der Waals surface area contributed by atoms with Gasteiger partial charge in [0.25, 0.3) is 5.91 Å². The van der Waals surface area contributed by atoms with Crippen molar-refractivity contribution in [2.75, 3.05) is 5.01 Å². The highest BCUT2D eigenvalue weighted by molar-refractivity contribution is 9.10. The molecule has 156 valence electrons. The number of anilines is 1. The third-order valence-corrected chi connectivity index (χ3v) is 6.05. The van der Waals surface area contributed by atoms with Gasteiger partial charge in [0.15, 0.2) is 5.76 Å². The Morgan fingerprint density at radius 2 is 2.00 bits per heavy atom. The smallest absolute Gasteiger partial charge is 0.400 e. The van der Waals surface area contributed by atoms with Gasteiger partial charge in [-0.2, -0.15) is 10.1 Å². The lowest BCUT2D eigenvalue weighted by molar-refractivity contribution is -0.402. The molecular weight excluding hydrogens is 484 g/mol. The molecule has 0 saturated heterocycles. The molecule has 2 heterocycles. The second kappa shape index (κ2) is 8.40. The molecule has 0 bridgehead atoms. The van der Waals surface area contributed by atoms with E-state index >= 15 is 0 Å². The summed E-state index contributed by atoms with van der Waals surface area (Å²) in [4.78, 5) is 28.1. The molecule has 0 radical (unpaired) electrons. The number of benzene rings is 2. The standard InChI is InChI=1S/C21H15BrN4O4S/c1-12-3-4-14(9-13(12)2)20(27)25(23-11-16-6-8-19(30-16)26(28)29)21-24-17-7-5-15(22)10-18(17)31-21/h3-11H,1-2H3/b23-11+. The van der Waals surface area contributed by atoms with Gasteiger partial charge in [0.2, 0.25) is 5.13 Å². The topological polar surface area (TPSA) is 102 Å². The zero-order chi connectivity index (χ0) is 22.1. The summed E-state index contributed by atoms with van der Waals surface area (Å²) in [5, 5.41) is 16.7. The average Bonchev–Trinajstić information content (AvgIpc) is 3.37. The molecule has 8 nitrogen and oxygen atoms in total. The second-order valence-corrected chi connectivity index (χ2v) is 8.63. The van der Waals surface area contributed by atoms with Crippen molar-refractivity contribution in [3.63, 3.8) is 0 Å². The zero-order valence-electron chi connectivity index (χ0n) is 16.4. The maximum Gasteiger partial charge on any atom is 0.433 e. The van der Waals surface area contributed by atoms with Crippen LogP contribution in [0.4, 0.5) is 11.0 Å². The Morgan fingerprint density at radius 3 is 2.71 bits per heavy atom. The summed E-state index contributed by atoms with van der Waals surface area (Å²) >= 11 is 4.74. The van der Waals surface area contributed by atoms with Crippen LogP contribution in [0.2, 0.25) is 0 Å². The summed E-state index contributed by atoms with van der Waals surface area (Å²) in [6.07, 6.45) is 1.26. The lowest BCUT2D eigenvalue weighted by Crippen LogP contribution is -2.25. The van der Waals surface area contributed by atoms with Gasteiger partial charge >= 0.3 is 5.88 Å². The lowest BCUT2D eigenvalue weighted by atomic mass is 10.1. The number of nitrogens with zero attached hydrogens (tertiary/aromatic N) is 4. The first-order valence-corrected chi connectivity index (χ1v) is 10.7. The monoisotopic (exact) mass is 498 g/mol. The van der Waals surface area contributed by atoms with E-state index in [0.29, 0.717) is 10.7 Å². The van der Waals surface area contributed by atoms with E-state index in [0.717, 1.165) is 25.8 Å². The molecule has 0 saturated carbocycles. The number of carbonyl (C=O) groups is 1. The van der Waals surface area contributed by atoms with Gasteiger partial charge in [-0.1, -0.05) is 33.3 Å². The minimum Gasteiger partial charge on any atom is -0.400 e. The van der Waals surface area contributed by atoms with Gasteiger partial charge in [-0.3, -0.25) is 14.9 Å². The largest absolute Gasteiger partial charge is 0.433 e. The van der Waals surface area contributed by atoms with Crippen LogP contribution >= 0.6 is 27.3 Å². The number of hydrogen-bond donors (Lipinski definition) is 0. The third kappa shape index (κ3) is 4.39. The summed E-state index contributed by atoms with van der Waals surface area (Å²) in [5.74, 6) is -0.634. The van der Waals surface area contributed by atoms with Crippen LogP contribution in [0.5, 0.6) is 0 Å². The fourth-order valence-corrected chi connectivity index (χ4v) is 4.26. The highest BCUT2D eigenvalue weighted by atomic mass is 79.9. The van der Waals surface area contributed by atoms with Crippen LogP contribution in [0, 0.1) is 24.0 Å². The molecule has 31 heavy (non-hydrogen) atoms. The number of nitro groups is 1. The maximum absolute atomic E-state index is 13.3. The number of carbonyl (C=O) groups excluding carboxylic acids is 1. The van der Waals surface area contributed by atoms with E-state index in [1.54, 1.807) is 12.1 Å². The highest BCUT2D eigenvalue weighted by Crippen LogP contribution is 2.32. The average molecular weight is 499 g/mol. The molecule has 0 aliphatic heterocycles. The molecular formula is C21H15BrN4O4S. The van der Waals surface area contributed by atoms with E-state index in [1.807, 2.05) is 38.1 Å². The Labute approximate surface area is 189 Å². The van der Waals surface area contributed by atoms with Crippen molar-refractivity contribution in [2.24, 2.45) is 5.10 Å². The normalized spacial score (nSPS) is 11.3. The molecule has 10 heteroatoms. The van der Waals surface area contributed by atoms with Crippen LogP contribution < -0.4 is 5.01 Å². The van der Waals surface area contributed by atoms with Crippen LogP contribution in [0.1, 0.15) is 27.2 Å². The van der Waals surface area contributed by atoms with E-state index in [9.17, 15) is 14.9 Å². The molecule has 0 atom stereocenters. The number of aromatic nitrogens is 1. The number of thiazole rings is 1. The molecule has 0 aliphatic carbocycles. The first-order chi connectivity index (χ1) is 14.8. The summed E-state index contributed by atoms with van der Waals surface area (Å²) in [6, 6.07) is 13.7. The molecule has 1 amide bonds. The van der Waals surface area contributed by atoms with E-state index in [4.69, 9.17) is 4.42 Å². The van der Waals surface area contributed by atoms with Gasteiger partial charge in [0, 0.05) is 10.0 Å². The Hall–Kier alpha value is -3.37. The number of hydrogen-bond acceptors (Lipinski definition) is 7. The van der Waals surface area contributed by atoms with Crippen LogP contribution in [0.3, 0.4) is 0 Å². The van der Waals surface area contributed by atoms with Crippen LogP contribution in [-0.4, -0.2) is 22.0 Å². The Balaban J connectivity index is 1.76. The zero-order valence-corrected chi connectivity index (χ0v) is 18.8.